The average molecular weight is 463 g/mol. The number of phenols is 1. The lowest BCUT2D eigenvalue weighted by atomic mass is 9.81. The highest BCUT2D eigenvalue weighted by Gasteiger charge is 2.43. The molecule has 0 saturated heterocycles. The molecule has 1 aliphatic heterocycles. The van der Waals surface area contributed by atoms with E-state index in [1.807, 2.05) is 6.07 Å². The summed E-state index contributed by atoms with van der Waals surface area (Å²) in [6.45, 7) is 0. The number of allylic oxidation sites excluding steroid dienone is 1. The quantitative estimate of drug-likeness (QED) is 0.539. The molecular formula is C24H21N3O7. The van der Waals surface area contributed by atoms with Gasteiger partial charge in [0, 0.05) is 0 Å². The van der Waals surface area contributed by atoms with E-state index in [1.165, 1.54) is 18.2 Å². The van der Waals surface area contributed by atoms with Crippen LogP contribution in [0.3, 0.4) is 0 Å². The summed E-state index contributed by atoms with van der Waals surface area (Å²) in [5.41, 5.74) is 6.34. The van der Waals surface area contributed by atoms with Gasteiger partial charge in [-0.1, -0.05) is 36.4 Å². The van der Waals surface area contributed by atoms with Crippen molar-refractivity contribution in [3.05, 3.63) is 82.3 Å². The number of carboxylic acids is 1. The van der Waals surface area contributed by atoms with Crippen LogP contribution in [0.2, 0.25) is 0 Å². The number of hydrogen-bond acceptors (Lipinski definition) is 9. The Kier molecular flexibility index (Phi) is 6.87. The Balaban J connectivity index is 2.41. The number of anilines is 1. The minimum atomic E-state index is -1.13. The molecule has 4 N–H and O–H groups in total. The molecule has 10 heteroatoms. The van der Waals surface area contributed by atoms with E-state index < -0.39 is 23.8 Å². The van der Waals surface area contributed by atoms with Crippen LogP contribution >= 0.6 is 0 Å². The van der Waals surface area contributed by atoms with E-state index in [-0.39, 0.29) is 46.1 Å². The molecule has 0 fully saturated rings. The summed E-state index contributed by atoms with van der Waals surface area (Å²) in [7, 11) is 2.22. The molecule has 0 aromatic heterocycles. The van der Waals surface area contributed by atoms with Crippen LogP contribution in [-0.2, 0) is 30.3 Å². The summed E-state index contributed by atoms with van der Waals surface area (Å²) in [6, 6.07) is 14.4. The molecule has 2 aromatic rings. The zero-order chi connectivity index (χ0) is 25.0. The first-order valence-corrected chi connectivity index (χ1v) is 9.94. The third-order valence-electron chi connectivity index (χ3n) is 5.25. The zero-order valence-corrected chi connectivity index (χ0v) is 18.3. The van der Waals surface area contributed by atoms with Gasteiger partial charge in [-0.15, -0.1) is 0 Å². The van der Waals surface area contributed by atoms with Gasteiger partial charge in [0.05, 0.1) is 49.5 Å². The lowest BCUT2D eigenvalue weighted by molar-refractivity contribution is -0.139. The second-order valence-electron chi connectivity index (χ2n) is 7.23. The number of nitrogens with two attached hydrogens (primary N) is 1. The predicted molar refractivity (Wildman–Crippen MR) is 119 cm³/mol. The molecule has 10 nitrogen and oxygen atoms in total. The summed E-state index contributed by atoms with van der Waals surface area (Å²) >= 11 is 0. The second-order valence-corrected chi connectivity index (χ2v) is 7.23. The molecule has 3 rings (SSSR count). The monoisotopic (exact) mass is 463 g/mol. The van der Waals surface area contributed by atoms with Crippen LogP contribution < -0.4 is 10.6 Å². The van der Waals surface area contributed by atoms with E-state index in [0.29, 0.717) is 5.56 Å². The normalized spacial score (nSPS) is 15.6. The number of carboxylic acid groups (broad SMARTS) is 1. The van der Waals surface area contributed by atoms with Crippen LogP contribution in [0.5, 0.6) is 5.75 Å². The molecule has 0 saturated carbocycles. The van der Waals surface area contributed by atoms with Crippen LogP contribution in [0.1, 0.15) is 17.0 Å². The van der Waals surface area contributed by atoms with Crippen molar-refractivity contribution >= 4 is 23.6 Å². The van der Waals surface area contributed by atoms with Gasteiger partial charge in [0.25, 0.3) is 0 Å². The predicted octanol–water partition coefficient (Wildman–Crippen LogP) is 1.92. The van der Waals surface area contributed by atoms with Gasteiger partial charge in [0.1, 0.15) is 17.3 Å². The third kappa shape index (κ3) is 4.27. The third-order valence-corrected chi connectivity index (χ3v) is 5.25. The molecule has 0 spiro atoms. The number of aliphatic carboxylic acids is 1. The topological polar surface area (TPSA) is 163 Å². The molecule has 1 unspecified atom stereocenters. The first-order valence-electron chi connectivity index (χ1n) is 9.94. The molecule has 34 heavy (non-hydrogen) atoms. The summed E-state index contributed by atoms with van der Waals surface area (Å²) in [5.74, 6) is -4.71. The number of phenolic OH excluding ortho intramolecular Hbond substituents is 1. The van der Waals surface area contributed by atoms with Crippen molar-refractivity contribution < 1.29 is 34.1 Å². The number of nitriles is 1. The Labute approximate surface area is 194 Å². The molecular weight excluding hydrogens is 442 g/mol. The van der Waals surface area contributed by atoms with Crippen molar-refractivity contribution in [1.29, 1.82) is 5.26 Å². The fourth-order valence-corrected chi connectivity index (χ4v) is 3.80. The molecule has 0 amide bonds. The number of esters is 2. The number of benzene rings is 2. The van der Waals surface area contributed by atoms with Crippen LogP contribution in [-0.4, -0.2) is 42.3 Å². The number of hydrogen-bond donors (Lipinski definition) is 3. The Bertz CT molecular complexity index is 1260. The number of methoxy groups -OCH3 is 2. The van der Waals surface area contributed by atoms with Gasteiger partial charge in [0.2, 0.25) is 0 Å². The average Bonchev–Trinajstić information content (AvgIpc) is 2.83. The smallest absolute Gasteiger partial charge is 0.355 e. The number of ether oxygens (including phenoxy) is 2. The molecule has 0 radical (unpaired) electrons. The highest BCUT2D eigenvalue weighted by molar-refractivity contribution is 6.06. The van der Waals surface area contributed by atoms with Gasteiger partial charge in [-0.2, -0.15) is 5.26 Å². The van der Waals surface area contributed by atoms with Crippen LogP contribution in [0.15, 0.2) is 71.2 Å². The van der Waals surface area contributed by atoms with E-state index in [1.54, 1.807) is 30.3 Å². The summed E-state index contributed by atoms with van der Waals surface area (Å²) in [5, 5.41) is 29.8. The van der Waals surface area contributed by atoms with Gasteiger partial charge in [-0.3, -0.25) is 9.69 Å². The molecule has 1 aliphatic rings. The van der Waals surface area contributed by atoms with Gasteiger partial charge < -0.3 is 25.4 Å². The lowest BCUT2D eigenvalue weighted by Gasteiger charge is -2.36. The summed E-state index contributed by atoms with van der Waals surface area (Å²) in [6.07, 6.45) is -0.385. The molecule has 0 bridgehead atoms. The highest BCUT2D eigenvalue weighted by atomic mass is 16.5. The van der Waals surface area contributed by atoms with E-state index in [4.69, 9.17) is 20.3 Å². The number of nitrogens with zero attached hydrogens (tertiary/aromatic N) is 2. The molecule has 2 aromatic carbocycles. The van der Waals surface area contributed by atoms with Gasteiger partial charge in [-0.05, 0) is 23.3 Å². The number of carbonyl (C=O) groups excluding carboxylic acids is 2. The van der Waals surface area contributed by atoms with Gasteiger partial charge in [-0.25, -0.2) is 9.59 Å². The van der Waals surface area contributed by atoms with Crippen molar-refractivity contribution in [3.8, 4) is 11.8 Å². The fourth-order valence-electron chi connectivity index (χ4n) is 3.80. The number of carbonyl (C=O) groups is 3. The minimum Gasteiger partial charge on any atom is -0.506 e. The maximum Gasteiger partial charge on any atom is 0.355 e. The lowest BCUT2D eigenvalue weighted by Crippen LogP contribution is -2.40. The first kappa shape index (κ1) is 23.9. The Hall–Kier alpha value is -4.78. The Morgan fingerprint density at radius 1 is 1.09 bits per heavy atom. The van der Waals surface area contributed by atoms with Gasteiger partial charge in [0.15, 0.2) is 0 Å². The van der Waals surface area contributed by atoms with Crippen molar-refractivity contribution in [2.45, 2.75) is 12.3 Å². The second kappa shape index (κ2) is 9.79. The van der Waals surface area contributed by atoms with E-state index in [9.17, 15) is 24.8 Å². The maximum atomic E-state index is 13.0. The van der Waals surface area contributed by atoms with Crippen LogP contribution in [0.25, 0.3) is 0 Å². The highest BCUT2D eigenvalue weighted by Crippen LogP contribution is 2.45. The minimum absolute atomic E-state index is 0.0812. The Morgan fingerprint density at radius 3 is 2.29 bits per heavy atom. The molecule has 0 aliphatic carbocycles. The molecule has 1 heterocycles. The van der Waals surface area contributed by atoms with Gasteiger partial charge >= 0.3 is 17.9 Å². The van der Waals surface area contributed by atoms with E-state index in [2.05, 4.69) is 0 Å². The molecule has 1 atom stereocenters. The number of rotatable bonds is 6. The first-order chi connectivity index (χ1) is 16.2. The van der Waals surface area contributed by atoms with E-state index in [0.717, 1.165) is 19.1 Å². The van der Waals surface area contributed by atoms with Crippen molar-refractivity contribution in [3.63, 3.8) is 0 Å². The SMILES string of the molecule is COC(=O)C1=C(C(=O)OC)N(c2cc(CC(=O)O)ccc2O)C(N)=C(C#N)C1c1ccccc1. The fraction of sp³-hybridized carbons (Fsp3) is 0.167. The standard InChI is InChI=1S/C24H21N3O7/c1-33-23(31)20-19(14-6-4-3-5-7-14)15(12-25)22(26)27(21(20)24(32)34-2)16-10-13(11-18(29)30)8-9-17(16)28/h3-10,19,28H,11,26H2,1-2H3,(H,29,30). The summed E-state index contributed by atoms with van der Waals surface area (Å²) < 4.78 is 9.86. The van der Waals surface area contributed by atoms with Crippen molar-refractivity contribution in [2.24, 2.45) is 5.73 Å². The van der Waals surface area contributed by atoms with Crippen molar-refractivity contribution in [1.82, 2.24) is 0 Å². The summed E-state index contributed by atoms with van der Waals surface area (Å²) in [4.78, 5) is 38.2. The maximum absolute atomic E-state index is 13.0. The number of aromatic hydroxyl groups is 1. The Morgan fingerprint density at radius 2 is 1.74 bits per heavy atom. The van der Waals surface area contributed by atoms with E-state index >= 15 is 0 Å². The van der Waals surface area contributed by atoms with Crippen LogP contribution in [0.4, 0.5) is 5.69 Å². The largest absolute Gasteiger partial charge is 0.506 e. The van der Waals surface area contributed by atoms with Crippen molar-refractivity contribution in [2.75, 3.05) is 19.1 Å². The van der Waals surface area contributed by atoms with Crippen LogP contribution in [0, 0.1) is 11.3 Å². The molecule has 174 valence electrons. The zero-order valence-electron chi connectivity index (χ0n) is 18.3.